The Hall–Kier alpha value is -2.77. The largest absolute Gasteiger partial charge is 0.305 e. The molecule has 0 bridgehead atoms. The number of benzene rings is 1. The van der Waals surface area contributed by atoms with Gasteiger partial charge in [-0.2, -0.15) is 16.4 Å². The fraction of sp³-hybridized carbons (Fsp3) is 0.190. The molecule has 3 aromatic heterocycles. The van der Waals surface area contributed by atoms with Crippen molar-refractivity contribution in [2.24, 2.45) is 0 Å². The molecule has 7 heteroatoms. The molecular formula is C21H18N4OS2. The lowest BCUT2D eigenvalue weighted by Gasteiger charge is -2.10. The fourth-order valence-electron chi connectivity index (χ4n) is 3.56. The van der Waals surface area contributed by atoms with Gasteiger partial charge in [-0.1, -0.05) is 18.2 Å². The second kappa shape index (κ2) is 7.00. The molecule has 0 spiro atoms. The quantitative estimate of drug-likeness (QED) is 0.512. The van der Waals surface area contributed by atoms with Crippen molar-refractivity contribution in [1.82, 2.24) is 14.8 Å². The molecule has 28 heavy (non-hydrogen) atoms. The molecule has 0 aliphatic heterocycles. The number of carbonyl (C=O) groups is 1. The van der Waals surface area contributed by atoms with Gasteiger partial charge in [-0.15, -0.1) is 11.3 Å². The molecule has 1 N–H and O–H groups in total. The van der Waals surface area contributed by atoms with Crippen molar-refractivity contribution in [2.75, 3.05) is 5.32 Å². The number of nitrogens with one attached hydrogen (secondary N) is 1. The van der Waals surface area contributed by atoms with Gasteiger partial charge in [0.2, 0.25) is 0 Å². The monoisotopic (exact) mass is 406 g/mol. The first-order valence-corrected chi connectivity index (χ1v) is 10.9. The lowest BCUT2D eigenvalue weighted by atomic mass is 10.2. The van der Waals surface area contributed by atoms with Gasteiger partial charge in [-0.05, 0) is 49.8 Å². The van der Waals surface area contributed by atoms with Crippen molar-refractivity contribution in [2.45, 2.75) is 26.2 Å². The Kier molecular flexibility index (Phi) is 4.33. The third-order valence-corrected chi connectivity index (χ3v) is 6.80. The normalized spacial score (nSPS) is 12.9. The Labute approximate surface area is 170 Å². The van der Waals surface area contributed by atoms with Crippen molar-refractivity contribution < 1.29 is 4.79 Å². The highest BCUT2D eigenvalue weighted by Crippen LogP contribution is 2.33. The number of carbonyl (C=O) groups excluding carboxylic acids is 1. The van der Waals surface area contributed by atoms with Gasteiger partial charge < -0.3 is 5.32 Å². The molecule has 0 unspecified atom stereocenters. The summed E-state index contributed by atoms with van der Waals surface area (Å²) in [7, 11) is 0. The molecule has 1 aromatic carbocycles. The lowest BCUT2D eigenvalue weighted by Crippen LogP contribution is -2.16. The number of anilines is 1. The van der Waals surface area contributed by atoms with E-state index < -0.39 is 0 Å². The molecule has 1 aliphatic rings. The maximum Gasteiger partial charge on any atom is 0.268 e. The van der Waals surface area contributed by atoms with Crippen molar-refractivity contribution in [3.8, 4) is 16.3 Å². The summed E-state index contributed by atoms with van der Waals surface area (Å²) in [6, 6.07) is 12.0. The third kappa shape index (κ3) is 2.96. The summed E-state index contributed by atoms with van der Waals surface area (Å²) in [5.41, 5.74) is 5.00. The van der Waals surface area contributed by atoms with E-state index in [0.29, 0.717) is 4.88 Å². The average Bonchev–Trinajstić information content (AvgIpc) is 3.47. The smallest absolute Gasteiger partial charge is 0.268 e. The minimum Gasteiger partial charge on any atom is -0.305 e. The predicted octanol–water partition coefficient (Wildman–Crippen LogP) is 5.11. The van der Waals surface area contributed by atoms with Gasteiger partial charge in [0.25, 0.3) is 5.91 Å². The van der Waals surface area contributed by atoms with Gasteiger partial charge in [-0.25, -0.2) is 9.67 Å². The molecule has 0 radical (unpaired) electrons. The number of nitrogens with zero attached hydrogens (tertiary/aromatic N) is 3. The van der Waals surface area contributed by atoms with E-state index in [0.717, 1.165) is 58.3 Å². The first-order chi connectivity index (χ1) is 13.7. The molecule has 1 aliphatic carbocycles. The second-order valence-corrected chi connectivity index (χ2v) is 8.55. The van der Waals surface area contributed by atoms with Crippen LogP contribution in [-0.2, 0) is 12.8 Å². The fourth-order valence-corrected chi connectivity index (χ4v) is 5.23. The van der Waals surface area contributed by atoms with Crippen LogP contribution in [-0.4, -0.2) is 20.7 Å². The molecule has 4 aromatic rings. The topological polar surface area (TPSA) is 59.8 Å². The number of thiophene rings is 1. The predicted molar refractivity (Wildman–Crippen MR) is 114 cm³/mol. The molecule has 5 nitrogen and oxygen atoms in total. The number of hydrogen-bond acceptors (Lipinski definition) is 5. The summed E-state index contributed by atoms with van der Waals surface area (Å²) in [5.74, 6) is 0.664. The molecule has 140 valence electrons. The van der Waals surface area contributed by atoms with Crippen molar-refractivity contribution in [1.29, 1.82) is 0 Å². The minimum atomic E-state index is -0.122. The first-order valence-electron chi connectivity index (χ1n) is 9.18. The maximum atomic E-state index is 13.1. The van der Waals surface area contributed by atoms with Crippen LogP contribution in [0.5, 0.6) is 0 Å². The van der Waals surface area contributed by atoms with Gasteiger partial charge in [0.15, 0.2) is 0 Å². The summed E-state index contributed by atoms with van der Waals surface area (Å²) >= 11 is 3.07. The van der Waals surface area contributed by atoms with Gasteiger partial charge in [0, 0.05) is 16.5 Å². The highest BCUT2D eigenvalue weighted by molar-refractivity contribution is 7.17. The van der Waals surface area contributed by atoms with E-state index in [9.17, 15) is 4.79 Å². The molecule has 0 saturated heterocycles. The van der Waals surface area contributed by atoms with E-state index in [1.807, 2.05) is 53.4 Å². The number of thiazole rings is 1. The lowest BCUT2D eigenvalue weighted by molar-refractivity contribution is 0.102. The van der Waals surface area contributed by atoms with Crippen molar-refractivity contribution in [3.05, 3.63) is 69.0 Å². The van der Waals surface area contributed by atoms with Crippen LogP contribution in [0.2, 0.25) is 0 Å². The van der Waals surface area contributed by atoms with Crippen LogP contribution in [0.1, 0.15) is 33.0 Å². The van der Waals surface area contributed by atoms with Crippen LogP contribution in [0, 0.1) is 6.92 Å². The molecule has 5 rings (SSSR count). The number of fused-ring (bicyclic) bond motifs is 1. The van der Waals surface area contributed by atoms with Gasteiger partial charge in [0.1, 0.15) is 15.7 Å². The van der Waals surface area contributed by atoms with Crippen LogP contribution in [0.15, 0.2) is 47.2 Å². The Morgan fingerprint density at radius 1 is 1.18 bits per heavy atom. The van der Waals surface area contributed by atoms with Crippen LogP contribution in [0.3, 0.4) is 0 Å². The summed E-state index contributed by atoms with van der Waals surface area (Å²) in [6.45, 7) is 1.89. The SMILES string of the molecule is Cc1nc(-c2ccsc2)sc1C(=O)Nc1c2c(nn1-c1ccccc1)CCC2. The van der Waals surface area contributed by atoms with E-state index in [4.69, 9.17) is 5.10 Å². The number of aryl methyl sites for hydroxylation is 2. The highest BCUT2D eigenvalue weighted by atomic mass is 32.1. The standard InChI is InChI=1S/C21H18N4OS2/c1-13-18(28-21(22-13)14-10-11-27-12-14)20(26)23-19-16-8-5-9-17(16)24-25(19)15-6-3-2-4-7-15/h2-4,6-7,10-12H,5,8-9H2,1H3,(H,23,26). The van der Waals surface area contributed by atoms with Gasteiger partial charge in [-0.3, -0.25) is 4.79 Å². The van der Waals surface area contributed by atoms with E-state index >= 15 is 0 Å². The molecule has 0 fully saturated rings. The number of aromatic nitrogens is 3. The van der Waals surface area contributed by atoms with E-state index in [1.165, 1.54) is 11.3 Å². The minimum absolute atomic E-state index is 0.122. The number of para-hydroxylation sites is 1. The zero-order valence-electron chi connectivity index (χ0n) is 15.3. The Morgan fingerprint density at radius 2 is 2.04 bits per heavy atom. The summed E-state index contributed by atoms with van der Waals surface area (Å²) in [6.07, 6.45) is 2.98. The van der Waals surface area contributed by atoms with Crippen molar-refractivity contribution in [3.63, 3.8) is 0 Å². The summed E-state index contributed by atoms with van der Waals surface area (Å²) < 4.78 is 1.86. The number of amides is 1. The Bertz CT molecular complexity index is 1140. The molecule has 1 amide bonds. The summed E-state index contributed by atoms with van der Waals surface area (Å²) in [5, 5.41) is 12.9. The van der Waals surface area contributed by atoms with Crippen LogP contribution < -0.4 is 5.32 Å². The number of hydrogen-bond donors (Lipinski definition) is 1. The Balaban J connectivity index is 1.51. The molecule has 3 heterocycles. The zero-order valence-corrected chi connectivity index (χ0v) is 16.9. The van der Waals surface area contributed by atoms with Crippen molar-refractivity contribution >= 4 is 34.4 Å². The first kappa shape index (κ1) is 17.3. The van der Waals surface area contributed by atoms with E-state index in [1.54, 1.807) is 11.3 Å². The van der Waals surface area contributed by atoms with Gasteiger partial charge >= 0.3 is 0 Å². The summed E-state index contributed by atoms with van der Waals surface area (Å²) in [4.78, 5) is 18.4. The zero-order chi connectivity index (χ0) is 19.1. The average molecular weight is 407 g/mol. The Morgan fingerprint density at radius 3 is 2.82 bits per heavy atom. The van der Waals surface area contributed by atoms with E-state index in [-0.39, 0.29) is 5.91 Å². The van der Waals surface area contributed by atoms with Gasteiger partial charge in [0.05, 0.1) is 17.1 Å². The molecular weight excluding hydrogens is 388 g/mol. The van der Waals surface area contributed by atoms with E-state index in [2.05, 4.69) is 15.7 Å². The molecule has 0 saturated carbocycles. The second-order valence-electron chi connectivity index (χ2n) is 6.77. The van der Waals surface area contributed by atoms with Crippen LogP contribution >= 0.6 is 22.7 Å². The van der Waals surface area contributed by atoms with Crippen LogP contribution in [0.4, 0.5) is 5.82 Å². The van der Waals surface area contributed by atoms with Crippen LogP contribution in [0.25, 0.3) is 16.3 Å². The maximum absolute atomic E-state index is 13.1. The highest BCUT2D eigenvalue weighted by Gasteiger charge is 2.26. The molecule has 0 atom stereocenters. The third-order valence-electron chi connectivity index (χ3n) is 4.91. The number of rotatable bonds is 4.